The Balaban J connectivity index is 1.18. The van der Waals surface area contributed by atoms with Gasteiger partial charge in [0.05, 0.1) is 5.92 Å². The van der Waals surface area contributed by atoms with Gasteiger partial charge >= 0.3 is 5.97 Å². The smallest absolute Gasteiger partial charge is 0.312 e. The van der Waals surface area contributed by atoms with Crippen molar-refractivity contribution in [3.63, 3.8) is 0 Å². The number of ether oxygens (including phenoxy) is 2. The molecule has 1 aliphatic rings. The van der Waals surface area contributed by atoms with E-state index in [-0.39, 0.29) is 30.1 Å². The topological polar surface area (TPSA) is 72.9 Å². The van der Waals surface area contributed by atoms with E-state index in [4.69, 9.17) is 9.47 Å². The van der Waals surface area contributed by atoms with Gasteiger partial charge in [0, 0.05) is 29.6 Å². The minimum atomic E-state index is -0.927. The molecule has 6 nitrogen and oxygen atoms in total. The molecule has 4 aromatic carbocycles. The van der Waals surface area contributed by atoms with Gasteiger partial charge in [-0.3, -0.25) is 14.4 Å². The fraction of sp³-hybridized carbons (Fsp3) is 0.229. The third-order valence-corrected chi connectivity index (χ3v) is 7.63. The lowest BCUT2D eigenvalue weighted by Crippen LogP contribution is -2.30. The van der Waals surface area contributed by atoms with Gasteiger partial charge in [0.25, 0.3) is 0 Å². The highest BCUT2D eigenvalue weighted by Gasteiger charge is 2.37. The Morgan fingerprint density at radius 2 is 1.32 bits per heavy atom. The van der Waals surface area contributed by atoms with Crippen LogP contribution in [0.3, 0.4) is 0 Å². The Morgan fingerprint density at radius 3 is 1.93 bits per heavy atom. The fourth-order valence-corrected chi connectivity index (χ4v) is 5.07. The number of benzene rings is 4. The Kier molecular flexibility index (Phi) is 8.02. The van der Waals surface area contributed by atoms with Crippen molar-refractivity contribution in [2.75, 3.05) is 11.4 Å². The molecule has 2 atom stereocenters. The van der Waals surface area contributed by atoms with Crippen molar-refractivity contribution in [3.8, 4) is 11.5 Å². The molecule has 0 bridgehead atoms. The lowest BCUT2D eigenvalue weighted by Gasteiger charge is -2.26. The second-order valence-electron chi connectivity index (χ2n) is 10.8. The molecule has 208 valence electrons. The maximum atomic E-state index is 12.8. The second-order valence-corrected chi connectivity index (χ2v) is 10.8. The van der Waals surface area contributed by atoms with Crippen LogP contribution in [0.4, 0.5) is 5.69 Å². The first kappa shape index (κ1) is 27.8. The molecule has 0 spiro atoms. The van der Waals surface area contributed by atoms with Gasteiger partial charge in [-0.2, -0.15) is 0 Å². The van der Waals surface area contributed by atoms with Gasteiger partial charge in [0.2, 0.25) is 11.7 Å². The Bertz CT molecular complexity index is 1510. The molecule has 0 N–H and O–H groups in total. The van der Waals surface area contributed by atoms with Crippen LogP contribution in [0.5, 0.6) is 11.5 Å². The monoisotopic (exact) mass is 547 g/mol. The lowest BCUT2D eigenvalue weighted by molar-refractivity contribution is -0.151. The van der Waals surface area contributed by atoms with Crippen LogP contribution in [0.25, 0.3) is 0 Å². The van der Waals surface area contributed by atoms with Crippen molar-refractivity contribution in [3.05, 3.63) is 126 Å². The van der Waals surface area contributed by atoms with E-state index < -0.39 is 18.0 Å². The predicted molar refractivity (Wildman–Crippen MR) is 158 cm³/mol. The standard InChI is InChI=1S/C35H33NO5/c1-24(33(38)25-10-6-4-7-11-25)40-34(39)26-22-32(37)36(23-26)29-16-20-31(21-17-29)41-30-18-14-28(15-19-30)35(2,3)27-12-8-5-9-13-27/h4-21,24,26H,22-23H2,1-3H3/t24-,26-/m0/s1. The maximum Gasteiger partial charge on any atom is 0.312 e. The number of carbonyl (C=O) groups is 3. The molecule has 0 aliphatic carbocycles. The predicted octanol–water partition coefficient (Wildman–Crippen LogP) is 6.97. The zero-order chi connectivity index (χ0) is 29.0. The number of hydrogen-bond acceptors (Lipinski definition) is 5. The lowest BCUT2D eigenvalue weighted by atomic mass is 9.78. The molecule has 1 fully saturated rings. The van der Waals surface area contributed by atoms with Gasteiger partial charge in [-0.25, -0.2) is 0 Å². The van der Waals surface area contributed by atoms with Crippen molar-refractivity contribution in [1.82, 2.24) is 0 Å². The molecule has 1 saturated heterocycles. The third kappa shape index (κ3) is 6.22. The first-order valence-electron chi connectivity index (χ1n) is 13.8. The SMILES string of the molecule is C[C@H](OC(=O)[C@H]1CC(=O)N(c2ccc(Oc3ccc(C(C)(C)c4ccccc4)cc3)cc2)C1)C(=O)c1ccccc1. The molecular weight excluding hydrogens is 514 g/mol. The average Bonchev–Trinajstić information content (AvgIpc) is 3.40. The summed E-state index contributed by atoms with van der Waals surface area (Å²) in [7, 11) is 0. The normalized spacial score (nSPS) is 15.8. The highest BCUT2D eigenvalue weighted by molar-refractivity contribution is 6.02. The molecule has 1 aliphatic heterocycles. The molecule has 5 rings (SSSR count). The van der Waals surface area contributed by atoms with Crippen LogP contribution in [0.15, 0.2) is 109 Å². The molecule has 0 radical (unpaired) electrons. The Labute approximate surface area is 240 Å². The van der Waals surface area contributed by atoms with E-state index in [1.807, 2.05) is 24.3 Å². The number of nitrogens with zero attached hydrogens (tertiary/aromatic N) is 1. The number of anilines is 1. The fourth-order valence-electron chi connectivity index (χ4n) is 5.07. The molecule has 0 saturated carbocycles. The summed E-state index contributed by atoms with van der Waals surface area (Å²) in [6, 6.07) is 34.4. The van der Waals surface area contributed by atoms with Crippen molar-refractivity contribution >= 4 is 23.3 Å². The maximum absolute atomic E-state index is 12.8. The molecule has 4 aromatic rings. The summed E-state index contributed by atoms with van der Waals surface area (Å²) in [5.41, 5.74) is 3.44. The molecule has 1 heterocycles. The molecule has 41 heavy (non-hydrogen) atoms. The molecule has 6 heteroatoms. The zero-order valence-corrected chi connectivity index (χ0v) is 23.4. The van der Waals surface area contributed by atoms with Gasteiger partial charge < -0.3 is 14.4 Å². The van der Waals surface area contributed by atoms with Crippen molar-refractivity contribution in [1.29, 1.82) is 0 Å². The first-order valence-corrected chi connectivity index (χ1v) is 13.8. The zero-order valence-electron chi connectivity index (χ0n) is 23.4. The minimum Gasteiger partial charge on any atom is -0.457 e. The van der Waals surface area contributed by atoms with Crippen LogP contribution in [0.2, 0.25) is 0 Å². The van der Waals surface area contributed by atoms with Crippen LogP contribution < -0.4 is 9.64 Å². The van der Waals surface area contributed by atoms with E-state index in [2.05, 4.69) is 50.2 Å². The van der Waals surface area contributed by atoms with Gasteiger partial charge in [-0.15, -0.1) is 0 Å². The van der Waals surface area contributed by atoms with E-state index in [0.717, 1.165) is 0 Å². The van der Waals surface area contributed by atoms with E-state index in [1.165, 1.54) is 11.1 Å². The van der Waals surface area contributed by atoms with E-state index in [9.17, 15) is 14.4 Å². The van der Waals surface area contributed by atoms with Gasteiger partial charge in [-0.1, -0.05) is 86.6 Å². The summed E-state index contributed by atoms with van der Waals surface area (Å²) < 4.78 is 11.5. The number of amides is 1. The van der Waals surface area contributed by atoms with Crippen molar-refractivity contribution in [2.24, 2.45) is 5.92 Å². The van der Waals surface area contributed by atoms with Gasteiger partial charge in [0.1, 0.15) is 11.5 Å². The summed E-state index contributed by atoms with van der Waals surface area (Å²) in [5, 5.41) is 0. The number of esters is 1. The quantitative estimate of drug-likeness (QED) is 0.167. The third-order valence-electron chi connectivity index (χ3n) is 7.63. The summed E-state index contributed by atoms with van der Waals surface area (Å²) in [4.78, 5) is 39.6. The number of ketones is 1. The highest BCUT2D eigenvalue weighted by Crippen LogP contribution is 2.34. The van der Waals surface area contributed by atoms with Crippen LogP contribution >= 0.6 is 0 Å². The van der Waals surface area contributed by atoms with Crippen LogP contribution in [0, 0.1) is 5.92 Å². The Morgan fingerprint density at radius 1 is 0.780 bits per heavy atom. The number of carbonyl (C=O) groups excluding carboxylic acids is 3. The molecule has 0 unspecified atom stereocenters. The number of hydrogen-bond donors (Lipinski definition) is 0. The Hall–Kier alpha value is -4.71. The van der Waals surface area contributed by atoms with Crippen LogP contribution in [0.1, 0.15) is 48.7 Å². The van der Waals surface area contributed by atoms with Crippen molar-refractivity contribution < 1.29 is 23.9 Å². The van der Waals surface area contributed by atoms with E-state index >= 15 is 0 Å². The van der Waals surface area contributed by atoms with E-state index in [0.29, 0.717) is 22.7 Å². The molecule has 0 aromatic heterocycles. The first-order chi connectivity index (χ1) is 19.7. The highest BCUT2D eigenvalue weighted by atomic mass is 16.5. The summed E-state index contributed by atoms with van der Waals surface area (Å²) >= 11 is 0. The largest absolute Gasteiger partial charge is 0.457 e. The average molecular weight is 548 g/mol. The minimum absolute atomic E-state index is 0.0367. The van der Waals surface area contributed by atoms with Gasteiger partial charge in [-0.05, 0) is 54.4 Å². The van der Waals surface area contributed by atoms with Crippen LogP contribution in [-0.2, 0) is 19.7 Å². The van der Waals surface area contributed by atoms with Crippen molar-refractivity contribution in [2.45, 2.75) is 38.7 Å². The summed E-state index contributed by atoms with van der Waals surface area (Å²) in [6.07, 6.45) is -0.890. The van der Waals surface area contributed by atoms with Gasteiger partial charge in [0.15, 0.2) is 6.10 Å². The summed E-state index contributed by atoms with van der Waals surface area (Å²) in [5.74, 6) is -0.270. The number of Topliss-reactive ketones (excluding diaryl/α,β-unsaturated/α-hetero) is 1. The molecular formula is C35H33NO5. The number of rotatable bonds is 9. The van der Waals surface area contributed by atoms with Crippen LogP contribution in [-0.4, -0.2) is 30.3 Å². The second kappa shape index (κ2) is 11.8. The molecule has 1 amide bonds. The summed E-state index contributed by atoms with van der Waals surface area (Å²) in [6.45, 7) is 6.15. The van der Waals surface area contributed by atoms with E-state index in [1.54, 1.807) is 60.4 Å².